The number of carbonyl (C=O) groups excluding carboxylic acids is 3. The molecule has 0 bridgehead atoms. The molecule has 4 rings (SSSR count). The van der Waals surface area contributed by atoms with E-state index in [-0.39, 0.29) is 11.8 Å². The number of epoxide rings is 1. The van der Waals surface area contributed by atoms with Crippen molar-refractivity contribution in [1.82, 2.24) is 16.0 Å². The predicted octanol–water partition coefficient (Wildman–Crippen LogP) is 2.11. The van der Waals surface area contributed by atoms with E-state index in [0.717, 1.165) is 16.7 Å². The molecule has 7 nitrogen and oxygen atoms in total. The second-order valence-electron chi connectivity index (χ2n) is 8.13. The normalized spacial score (nSPS) is 17.3. The first-order valence-electron chi connectivity index (χ1n) is 11.2. The van der Waals surface area contributed by atoms with Crippen LogP contribution in [0.4, 0.5) is 0 Å². The van der Waals surface area contributed by atoms with Crippen LogP contribution in [0.3, 0.4) is 0 Å². The van der Waals surface area contributed by atoms with Gasteiger partial charge in [0.05, 0.1) is 0 Å². The fourth-order valence-corrected chi connectivity index (χ4v) is 3.62. The van der Waals surface area contributed by atoms with Crippen LogP contribution in [-0.2, 0) is 38.6 Å². The summed E-state index contributed by atoms with van der Waals surface area (Å²) in [6, 6.07) is 27.7. The van der Waals surface area contributed by atoms with Crippen LogP contribution in [0.1, 0.15) is 16.7 Å². The van der Waals surface area contributed by atoms with E-state index in [0.29, 0.717) is 19.5 Å². The van der Waals surface area contributed by atoms with Gasteiger partial charge in [-0.2, -0.15) is 0 Å². The number of ether oxygens (including phenoxy) is 1. The maximum Gasteiger partial charge on any atom is 0.253 e. The van der Waals surface area contributed by atoms with Gasteiger partial charge in [-0.05, 0) is 16.7 Å². The molecule has 7 heteroatoms. The molecule has 0 saturated carbocycles. The minimum absolute atomic E-state index is 0.299. The molecule has 1 saturated heterocycles. The lowest BCUT2D eigenvalue weighted by Gasteiger charge is -2.18. The van der Waals surface area contributed by atoms with Crippen LogP contribution in [0.2, 0.25) is 0 Å². The third-order valence-corrected chi connectivity index (χ3v) is 5.54. The molecular weight excluding hydrogens is 430 g/mol. The Labute approximate surface area is 198 Å². The average Bonchev–Trinajstić information content (AvgIpc) is 3.69. The Kier molecular flexibility index (Phi) is 7.67. The first kappa shape index (κ1) is 23.2. The second kappa shape index (κ2) is 11.2. The maximum absolute atomic E-state index is 12.9. The second-order valence-corrected chi connectivity index (χ2v) is 8.13. The topological polar surface area (TPSA) is 99.8 Å². The van der Waals surface area contributed by atoms with Gasteiger partial charge in [0, 0.05) is 19.5 Å². The molecule has 1 aliphatic rings. The lowest BCUT2D eigenvalue weighted by atomic mass is 10.0. The maximum atomic E-state index is 12.9. The van der Waals surface area contributed by atoms with Crippen LogP contribution in [0.25, 0.3) is 0 Å². The Bertz CT molecular complexity index is 1110. The molecule has 0 aromatic heterocycles. The van der Waals surface area contributed by atoms with Gasteiger partial charge < -0.3 is 20.7 Å². The van der Waals surface area contributed by atoms with Gasteiger partial charge in [-0.3, -0.25) is 14.4 Å². The number of benzene rings is 3. The SMILES string of the molecule is O=C(NCc1ccccc1)[C@H](Cc1ccccc1)NC(=O)[C@H]1O[C@@H]1C(=O)NCc1ccccc1. The Hall–Kier alpha value is -3.97. The van der Waals surface area contributed by atoms with Crippen molar-refractivity contribution in [3.8, 4) is 0 Å². The van der Waals surface area contributed by atoms with Crippen LogP contribution in [-0.4, -0.2) is 36.0 Å². The highest BCUT2D eigenvalue weighted by Crippen LogP contribution is 2.23. The fourth-order valence-electron chi connectivity index (χ4n) is 3.62. The highest BCUT2D eigenvalue weighted by Gasteiger charge is 2.50. The minimum Gasteiger partial charge on any atom is -0.350 e. The molecule has 3 aromatic carbocycles. The summed E-state index contributed by atoms with van der Waals surface area (Å²) in [6.07, 6.45) is -1.44. The van der Waals surface area contributed by atoms with Crippen molar-refractivity contribution in [2.24, 2.45) is 0 Å². The molecule has 0 radical (unpaired) electrons. The highest BCUT2D eigenvalue weighted by atomic mass is 16.6. The van der Waals surface area contributed by atoms with Crippen molar-refractivity contribution in [1.29, 1.82) is 0 Å². The van der Waals surface area contributed by atoms with Crippen molar-refractivity contribution in [3.63, 3.8) is 0 Å². The lowest BCUT2D eigenvalue weighted by molar-refractivity contribution is -0.129. The molecule has 0 aliphatic carbocycles. The molecule has 3 N–H and O–H groups in total. The van der Waals surface area contributed by atoms with Crippen molar-refractivity contribution < 1.29 is 19.1 Å². The van der Waals surface area contributed by atoms with Crippen molar-refractivity contribution >= 4 is 17.7 Å². The predicted molar refractivity (Wildman–Crippen MR) is 127 cm³/mol. The molecule has 3 amide bonds. The van der Waals surface area contributed by atoms with Gasteiger partial charge >= 0.3 is 0 Å². The number of rotatable bonds is 10. The molecule has 0 unspecified atom stereocenters. The smallest absolute Gasteiger partial charge is 0.253 e. The summed E-state index contributed by atoms with van der Waals surface area (Å²) in [6.45, 7) is 0.706. The van der Waals surface area contributed by atoms with Crippen LogP contribution in [0.5, 0.6) is 0 Å². The van der Waals surface area contributed by atoms with Gasteiger partial charge in [0.25, 0.3) is 11.8 Å². The summed E-state index contributed by atoms with van der Waals surface area (Å²) >= 11 is 0. The van der Waals surface area contributed by atoms with Gasteiger partial charge in [0.15, 0.2) is 12.2 Å². The number of amides is 3. The van der Waals surface area contributed by atoms with Gasteiger partial charge in [-0.15, -0.1) is 0 Å². The van der Waals surface area contributed by atoms with Gasteiger partial charge in [0.1, 0.15) is 6.04 Å². The monoisotopic (exact) mass is 457 g/mol. The van der Waals surface area contributed by atoms with Crippen molar-refractivity contribution in [3.05, 3.63) is 108 Å². The summed E-state index contributed by atoms with van der Waals surface area (Å²) in [5, 5.41) is 8.43. The first-order chi connectivity index (χ1) is 16.6. The molecule has 3 aromatic rings. The van der Waals surface area contributed by atoms with Crippen LogP contribution in [0.15, 0.2) is 91.0 Å². The fraction of sp³-hybridized carbons (Fsp3) is 0.222. The molecule has 1 heterocycles. The molecule has 1 aliphatic heterocycles. The summed E-state index contributed by atoms with van der Waals surface area (Å²) in [5.74, 6) is -1.13. The summed E-state index contributed by atoms with van der Waals surface area (Å²) < 4.78 is 5.33. The standard InChI is InChI=1S/C27H27N3O4/c31-25(28-17-20-12-6-2-7-13-20)22(16-19-10-4-1-5-11-19)30-27(33)24-23(34-24)26(32)29-18-21-14-8-3-9-15-21/h1-15,22-24H,16-18H2,(H,28,31)(H,29,32)(H,30,33)/t22-,23-,24-/m0/s1. The van der Waals surface area contributed by atoms with Crippen LogP contribution in [0, 0.1) is 0 Å². The zero-order chi connectivity index (χ0) is 23.8. The molecule has 0 spiro atoms. The number of carbonyl (C=O) groups is 3. The number of hydrogen-bond donors (Lipinski definition) is 3. The van der Waals surface area contributed by atoms with Gasteiger partial charge in [-0.25, -0.2) is 0 Å². The Balaban J connectivity index is 1.33. The van der Waals surface area contributed by atoms with Crippen molar-refractivity contribution in [2.75, 3.05) is 0 Å². The summed E-state index contributed by atoms with van der Waals surface area (Å²) in [5.41, 5.74) is 2.83. The Morgan fingerprint density at radius 3 is 1.68 bits per heavy atom. The van der Waals surface area contributed by atoms with E-state index in [9.17, 15) is 14.4 Å². The molecule has 174 valence electrons. The lowest BCUT2D eigenvalue weighted by Crippen LogP contribution is -2.49. The molecule has 34 heavy (non-hydrogen) atoms. The zero-order valence-corrected chi connectivity index (χ0v) is 18.6. The highest BCUT2D eigenvalue weighted by molar-refractivity contribution is 5.97. The van der Waals surface area contributed by atoms with Gasteiger partial charge in [-0.1, -0.05) is 91.0 Å². The van der Waals surface area contributed by atoms with E-state index in [1.165, 1.54) is 0 Å². The third-order valence-electron chi connectivity index (χ3n) is 5.54. The number of nitrogens with one attached hydrogen (secondary N) is 3. The van der Waals surface area contributed by atoms with E-state index in [1.807, 2.05) is 91.0 Å². The zero-order valence-electron chi connectivity index (χ0n) is 18.6. The van der Waals surface area contributed by atoms with Crippen LogP contribution < -0.4 is 16.0 Å². The van der Waals surface area contributed by atoms with E-state index >= 15 is 0 Å². The Morgan fingerprint density at radius 2 is 1.12 bits per heavy atom. The minimum atomic E-state index is -0.907. The van der Waals surface area contributed by atoms with Gasteiger partial charge in [0.2, 0.25) is 5.91 Å². The van der Waals surface area contributed by atoms with Crippen LogP contribution >= 0.6 is 0 Å². The van der Waals surface area contributed by atoms with E-state index in [1.54, 1.807) is 0 Å². The molecule has 3 atom stereocenters. The number of hydrogen-bond acceptors (Lipinski definition) is 4. The summed E-state index contributed by atoms with van der Waals surface area (Å²) in [4.78, 5) is 38.1. The first-order valence-corrected chi connectivity index (χ1v) is 11.2. The van der Waals surface area contributed by atoms with E-state index < -0.39 is 24.2 Å². The summed E-state index contributed by atoms with van der Waals surface area (Å²) in [7, 11) is 0. The Morgan fingerprint density at radius 1 is 0.647 bits per heavy atom. The molecular formula is C27H27N3O4. The van der Waals surface area contributed by atoms with Crippen molar-refractivity contribution in [2.45, 2.75) is 37.8 Å². The third kappa shape index (κ3) is 6.52. The average molecular weight is 458 g/mol. The van der Waals surface area contributed by atoms with E-state index in [4.69, 9.17) is 4.74 Å². The van der Waals surface area contributed by atoms with E-state index in [2.05, 4.69) is 16.0 Å². The largest absolute Gasteiger partial charge is 0.350 e. The quantitative estimate of drug-likeness (QED) is 0.406. The molecule has 1 fully saturated rings.